The van der Waals surface area contributed by atoms with Crippen molar-refractivity contribution in [2.75, 3.05) is 18.4 Å². The molecule has 0 saturated carbocycles. The van der Waals surface area contributed by atoms with E-state index >= 15 is 0 Å². The summed E-state index contributed by atoms with van der Waals surface area (Å²) < 4.78 is 1.87. The molecular formula is C10H14N4. The van der Waals surface area contributed by atoms with E-state index in [9.17, 15) is 0 Å². The van der Waals surface area contributed by atoms with Gasteiger partial charge < -0.3 is 11.1 Å². The van der Waals surface area contributed by atoms with Gasteiger partial charge in [-0.05, 0) is 12.1 Å². The first-order chi connectivity index (χ1) is 6.83. The molecule has 4 nitrogen and oxygen atoms in total. The predicted octanol–water partition coefficient (Wildman–Crippen LogP) is 0.944. The number of hydrogen-bond donors (Lipinski definition) is 2. The lowest BCUT2D eigenvalue weighted by Gasteiger charge is -1.99. The van der Waals surface area contributed by atoms with Gasteiger partial charge in [-0.25, -0.2) is 0 Å². The number of aromatic nitrogens is 2. The third-order valence-corrected chi connectivity index (χ3v) is 2.19. The maximum Gasteiger partial charge on any atom is 0.156 e. The topological polar surface area (TPSA) is 55.9 Å². The molecule has 0 amide bonds. The quantitative estimate of drug-likeness (QED) is 0.757. The summed E-state index contributed by atoms with van der Waals surface area (Å²) in [5, 5.41) is 8.72. The lowest BCUT2D eigenvalue weighted by Crippen LogP contribution is -2.13. The van der Waals surface area contributed by atoms with E-state index < -0.39 is 0 Å². The first-order valence-electron chi connectivity index (χ1n) is 4.68. The van der Waals surface area contributed by atoms with Crippen molar-refractivity contribution in [3.05, 3.63) is 24.3 Å². The Labute approximate surface area is 82.7 Å². The fourth-order valence-electron chi connectivity index (χ4n) is 1.53. The molecule has 0 atom stereocenters. The standard InChI is InChI=1S/C10H14N4/c1-14-9-5-3-2-4-8(9)10(13-14)12-7-6-11/h2-5H,6-7,11H2,1H3,(H,12,13). The molecule has 0 aliphatic rings. The number of nitrogens with one attached hydrogen (secondary N) is 1. The van der Waals surface area contributed by atoms with E-state index in [0.717, 1.165) is 23.3 Å². The number of benzene rings is 1. The van der Waals surface area contributed by atoms with E-state index in [1.54, 1.807) is 0 Å². The molecule has 0 aliphatic carbocycles. The summed E-state index contributed by atoms with van der Waals surface area (Å²) in [6.07, 6.45) is 0. The lowest BCUT2D eigenvalue weighted by atomic mass is 10.2. The molecule has 0 fully saturated rings. The lowest BCUT2D eigenvalue weighted by molar-refractivity contribution is 0.796. The van der Waals surface area contributed by atoms with Crippen LogP contribution in [0.4, 0.5) is 5.82 Å². The molecule has 2 aromatic rings. The van der Waals surface area contributed by atoms with Crippen molar-refractivity contribution in [3.8, 4) is 0 Å². The van der Waals surface area contributed by atoms with Gasteiger partial charge in [0.05, 0.1) is 5.52 Å². The molecule has 0 aliphatic heterocycles. The number of para-hydroxylation sites is 1. The summed E-state index contributed by atoms with van der Waals surface area (Å²) in [5.41, 5.74) is 6.56. The van der Waals surface area contributed by atoms with E-state index in [4.69, 9.17) is 5.73 Å². The number of hydrogen-bond acceptors (Lipinski definition) is 3. The monoisotopic (exact) mass is 190 g/mol. The first kappa shape index (κ1) is 9.02. The molecule has 0 radical (unpaired) electrons. The molecule has 14 heavy (non-hydrogen) atoms. The fourth-order valence-corrected chi connectivity index (χ4v) is 1.53. The highest BCUT2D eigenvalue weighted by atomic mass is 15.3. The van der Waals surface area contributed by atoms with Gasteiger partial charge >= 0.3 is 0 Å². The van der Waals surface area contributed by atoms with Crippen molar-refractivity contribution >= 4 is 16.7 Å². The zero-order valence-corrected chi connectivity index (χ0v) is 8.20. The van der Waals surface area contributed by atoms with Crippen LogP contribution in [0.25, 0.3) is 10.9 Å². The minimum absolute atomic E-state index is 0.616. The van der Waals surface area contributed by atoms with Crippen LogP contribution in [0.15, 0.2) is 24.3 Å². The van der Waals surface area contributed by atoms with E-state index in [1.807, 2.05) is 23.9 Å². The molecule has 1 heterocycles. The highest BCUT2D eigenvalue weighted by molar-refractivity contribution is 5.90. The van der Waals surface area contributed by atoms with Crippen LogP contribution in [0.5, 0.6) is 0 Å². The molecule has 74 valence electrons. The van der Waals surface area contributed by atoms with Crippen LogP contribution < -0.4 is 11.1 Å². The molecule has 0 saturated heterocycles. The van der Waals surface area contributed by atoms with Gasteiger partial charge in [-0.15, -0.1) is 0 Å². The number of anilines is 1. The number of nitrogens with zero attached hydrogens (tertiary/aromatic N) is 2. The van der Waals surface area contributed by atoms with Crippen LogP contribution in [0.2, 0.25) is 0 Å². The van der Waals surface area contributed by atoms with Crippen LogP contribution in [-0.4, -0.2) is 22.9 Å². The normalized spacial score (nSPS) is 10.7. The number of aryl methyl sites for hydroxylation is 1. The first-order valence-corrected chi connectivity index (χ1v) is 4.68. The smallest absolute Gasteiger partial charge is 0.156 e. The zero-order valence-electron chi connectivity index (χ0n) is 8.20. The predicted molar refractivity (Wildman–Crippen MR) is 58.3 cm³/mol. The third kappa shape index (κ3) is 1.44. The van der Waals surface area contributed by atoms with Crippen molar-refractivity contribution in [1.29, 1.82) is 0 Å². The Bertz CT molecular complexity index is 433. The van der Waals surface area contributed by atoms with Crippen LogP contribution in [0.3, 0.4) is 0 Å². The van der Waals surface area contributed by atoms with E-state index in [1.165, 1.54) is 0 Å². The Balaban J connectivity index is 2.44. The SMILES string of the molecule is Cn1nc(NCCN)c2ccccc21. The summed E-state index contributed by atoms with van der Waals surface area (Å²) in [6.45, 7) is 1.37. The van der Waals surface area contributed by atoms with Crippen LogP contribution in [0, 0.1) is 0 Å². The molecule has 3 N–H and O–H groups in total. The Hall–Kier alpha value is -1.55. The minimum Gasteiger partial charge on any atom is -0.367 e. The zero-order chi connectivity index (χ0) is 9.97. The van der Waals surface area contributed by atoms with E-state index in [0.29, 0.717) is 6.54 Å². The molecule has 2 rings (SSSR count). The second-order valence-corrected chi connectivity index (χ2v) is 3.20. The van der Waals surface area contributed by atoms with Crippen molar-refractivity contribution in [2.45, 2.75) is 0 Å². The summed E-state index contributed by atoms with van der Waals surface area (Å²) in [4.78, 5) is 0. The van der Waals surface area contributed by atoms with Crippen LogP contribution in [0.1, 0.15) is 0 Å². The summed E-state index contributed by atoms with van der Waals surface area (Å²) >= 11 is 0. The van der Waals surface area contributed by atoms with Crippen molar-refractivity contribution in [3.63, 3.8) is 0 Å². The van der Waals surface area contributed by atoms with Crippen LogP contribution >= 0.6 is 0 Å². The van der Waals surface area contributed by atoms with Crippen molar-refractivity contribution in [2.24, 2.45) is 12.8 Å². The van der Waals surface area contributed by atoms with Gasteiger partial charge in [0.15, 0.2) is 5.82 Å². The maximum absolute atomic E-state index is 5.43. The summed E-state index contributed by atoms with van der Waals surface area (Å²) in [5.74, 6) is 0.911. The molecule has 0 spiro atoms. The average molecular weight is 190 g/mol. The molecule has 1 aromatic carbocycles. The minimum atomic E-state index is 0.616. The van der Waals surface area contributed by atoms with Gasteiger partial charge in [-0.2, -0.15) is 5.10 Å². The summed E-state index contributed by atoms with van der Waals surface area (Å²) in [7, 11) is 1.94. The largest absolute Gasteiger partial charge is 0.367 e. The Morgan fingerprint density at radius 3 is 3.00 bits per heavy atom. The van der Waals surface area contributed by atoms with Crippen molar-refractivity contribution < 1.29 is 0 Å². The molecule has 0 bridgehead atoms. The Kier molecular flexibility index (Phi) is 2.37. The molecule has 0 unspecified atom stereocenters. The van der Waals surface area contributed by atoms with Gasteiger partial charge in [0.1, 0.15) is 0 Å². The van der Waals surface area contributed by atoms with Crippen LogP contribution in [-0.2, 0) is 7.05 Å². The second-order valence-electron chi connectivity index (χ2n) is 3.20. The summed E-state index contributed by atoms with van der Waals surface area (Å²) in [6, 6.07) is 8.13. The van der Waals surface area contributed by atoms with Gasteiger partial charge in [0.2, 0.25) is 0 Å². The number of nitrogens with two attached hydrogens (primary N) is 1. The van der Waals surface area contributed by atoms with Gasteiger partial charge in [-0.3, -0.25) is 4.68 Å². The molecule has 1 aromatic heterocycles. The Morgan fingerprint density at radius 2 is 2.21 bits per heavy atom. The van der Waals surface area contributed by atoms with Crippen molar-refractivity contribution in [1.82, 2.24) is 9.78 Å². The van der Waals surface area contributed by atoms with Gasteiger partial charge in [0, 0.05) is 25.5 Å². The second kappa shape index (κ2) is 3.67. The number of fused-ring (bicyclic) bond motifs is 1. The maximum atomic E-state index is 5.43. The average Bonchev–Trinajstić information content (AvgIpc) is 2.54. The van der Waals surface area contributed by atoms with Gasteiger partial charge in [0.25, 0.3) is 0 Å². The molecular weight excluding hydrogens is 176 g/mol. The third-order valence-electron chi connectivity index (χ3n) is 2.19. The number of rotatable bonds is 3. The Morgan fingerprint density at radius 1 is 1.43 bits per heavy atom. The van der Waals surface area contributed by atoms with E-state index in [2.05, 4.69) is 22.5 Å². The highest BCUT2D eigenvalue weighted by Crippen LogP contribution is 2.20. The van der Waals surface area contributed by atoms with E-state index in [-0.39, 0.29) is 0 Å². The highest BCUT2D eigenvalue weighted by Gasteiger charge is 2.05. The van der Waals surface area contributed by atoms with Gasteiger partial charge in [-0.1, -0.05) is 12.1 Å². The molecule has 4 heteroatoms. The fraction of sp³-hybridized carbons (Fsp3) is 0.300.